The van der Waals surface area contributed by atoms with Crippen LogP contribution in [-0.2, 0) is 11.3 Å². The van der Waals surface area contributed by atoms with Gasteiger partial charge in [0, 0.05) is 20.2 Å². The highest BCUT2D eigenvalue weighted by molar-refractivity contribution is 8.01. The zero-order chi connectivity index (χ0) is 14.7. The van der Waals surface area contributed by atoms with Crippen LogP contribution in [0.5, 0.6) is 0 Å². The predicted molar refractivity (Wildman–Crippen MR) is 86.0 cm³/mol. The van der Waals surface area contributed by atoms with Gasteiger partial charge in [0.25, 0.3) is 0 Å². The number of aromatic nitrogens is 3. The quantitative estimate of drug-likeness (QED) is 0.727. The first-order valence-electron chi connectivity index (χ1n) is 6.36. The van der Waals surface area contributed by atoms with Crippen molar-refractivity contribution in [2.45, 2.75) is 16.0 Å². The van der Waals surface area contributed by atoms with Gasteiger partial charge in [-0.1, -0.05) is 12.1 Å². The van der Waals surface area contributed by atoms with Crippen LogP contribution in [0, 0.1) is 0 Å². The molecule has 0 spiro atoms. The molecule has 7 heteroatoms. The highest BCUT2D eigenvalue weighted by Crippen LogP contribution is 2.34. The van der Waals surface area contributed by atoms with Crippen LogP contribution in [-0.4, -0.2) is 29.1 Å². The number of ether oxygens (including phenoxy) is 1. The average molecular weight is 318 g/mol. The molecule has 0 saturated carbocycles. The zero-order valence-electron chi connectivity index (χ0n) is 11.7. The molecule has 5 nitrogen and oxygen atoms in total. The number of para-hydroxylation sites is 1. The van der Waals surface area contributed by atoms with Crippen LogP contribution in [0.15, 0.2) is 39.7 Å². The van der Waals surface area contributed by atoms with E-state index in [1.54, 1.807) is 30.2 Å². The molecule has 1 N–H and O–H groups in total. The number of anilines is 1. The van der Waals surface area contributed by atoms with Gasteiger partial charge < -0.3 is 10.1 Å². The second-order valence-electron chi connectivity index (χ2n) is 4.24. The van der Waals surface area contributed by atoms with Crippen molar-refractivity contribution in [2.24, 2.45) is 0 Å². The number of methoxy groups -OCH3 is 1. The fraction of sp³-hybridized carbons (Fsp3) is 0.214. The summed E-state index contributed by atoms with van der Waals surface area (Å²) in [6.45, 7) is 0.392. The topological polar surface area (TPSA) is 59.9 Å². The molecule has 2 heterocycles. The van der Waals surface area contributed by atoms with Gasteiger partial charge in [-0.15, -0.1) is 11.3 Å². The number of hydrogen-bond donors (Lipinski definition) is 1. The Morgan fingerprint density at radius 1 is 1.24 bits per heavy atom. The number of benzene rings is 1. The Hall–Kier alpha value is -1.70. The fourth-order valence-corrected chi connectivity index (χ4v) is 3.86. The van der Waals surface area contributed by atoms with Crippen LogP contribution in [0.2, 0.25) is 0 Å². The lowest BCUT2D eigenvalue weighted by molar-refractivity contribution is 0.177. The second kappa shape index (κ2) is 6.38. The first-order chi connectivity index (χ1) is 10.3. The maximum atomic E-state index is 5.11. The lowest BCUT2D eigenvalue weighted by Gasteiger charge is -2.05. The minimum Gasteiger partial charge on any atom is -0.377 e. The van der Waals surface area contributed by atoms with Crippen molar-refractivity contribution in [3.63, 3.8) is 0 Å². The molecule has 3 aromatic rings. The van der Waals surface area contributed by atoms with E-state index in [9.17, 15) is 0 Å². The fourth-order valence-electron chi connectivity index (χ4n) is 1.83. The first kappa shape index (κ1) is 14.2. The molecule has 0 radical (unpaired) electrons. The molecular formula is C14H14N4OS2. The van der Waals surface area contributed by atoms with E-state index in [2.05, 4.69) is 26.3 Å². The van der Waals surface area contributed by atoms with Crippen LogP contribution in [0.25, 0.3) is 10.2 Å². The van der Waals surface area contributed by atoms with E-state index in [4.69, 9.17) is 4.74 Å². The molecule has 0 aliphatic heterocycles. The molecule has 0 atom stereocenters. The van der Waals surface area contributed by atoms with Gasteiger partial charge in [0.1, 0.15) is 17.5 Å². The van der Waals surface area contributed by atoms with Crippen LogP contribution in [0.1, 0.15) is 5.82 Å². The third kappa shape index (κ3) is 3.31. The minimum absolute atomic E-state index is 0.392. The summed E-state index contributed by atoms with van der Waals surface area (Å²) in [7, 11) is 3.47. The maximum Gasteiger partial charge on any atom is 0.157 e. The Morgan fingerprint density at radius 3 is 2.86 bits per heavy atom. The zero-order valence-corrected chi connectivity index (χ0v) is 13.3. The molecule has 1 aromatic carbocycles. The Morgan fingerprint density at radius 2 is 2.10 bits per heavy atom. The standard InChI is InChI=1S/C14H14N4OS2/c1-15-11-7-13(18-12(17-11)8-19-2)21-14-16-9-5-3-4-6-10(9)20-14/h3-7H,8H2,1-2H3,(H,15,17,18). The summed E-state index contributed by atoms with van der Waals surface area (Å²) >= 11 is 3.21. The number of rotatable bonds is 5. The van der Waals surface area contributed by atoms with Crippen molar-refractivity contribution in [3.05, 3.63) is 36.2 Å². The van der Waals surface area contributed by atoms with Crippen molar-refractivity contribution in [1.29, 1.82) is 0 Å². The molecule has 108 valence electrons. The normalized spacial score (nSPS) is 11.0. The van der Waals surface area contributed by atoms with Gasteiger partial charge in [-0.25, -0.2) is 15.0 Å². The number of hydrogen-bond acceptors (Lipinski definition) is 7. The van der Waals surface area contributed by atoms with Gasteiger partial charge in [0.05, 0.1) is 10.2 Å². The lowest BCUT2D eigenvalue weighted by Crippen LogP contribution is -2.02. The van der Waals surface area contributed by atoms with Gasteiger partial charge >= 0.3 is 0 Å². The summed E-state index contributed by atoms with van der Waals surface area (Å²) in [5, 5.41) is 3.90. The van der Waals surface area contributed by atoms with Gasteiger partial charge in [-0.05, 0) is 23.9 Å². The number of nitrogens with zero attached hydrogens (tertiary/aromatic N) is 3. The molecule has 0 saturated heterocycles. The SMILES string of the molecule is CNc1cc(Sc2nc3ccccc3s2)nc(COC)n1. The van der Waals surface area contributed by atoms with Crippen molar-refractivity contribution in [3.8, 4) is 0 Å². The third-order valence-electron chi connectivity index (χ3n) is 2.74. The summed E-state index contributed by atoms with van der Waals surface area (Å²) < 4.78 is 7.26. The molecule has 0 bridgehead atoms. The first-order valence-corrected chi connectivity index (χ1v) is 8.00. The highest BCUT2D eigenvalue weighted by atomic mass is 32.2. The number of thiazole rings is 1. The van der Waals surface area contributed by atoms with E-state index in [1.165, 1.54) is 4.70 Å². The molecule has 2 aromatic heterocycles. The molecule has 0 aliphatic carbocycles. The predicted octanol–water partition coefficient (Wildman–Crippen LogP) is 3.43. The third-order valence-corrected chi connectivity index (χ3v) is 4.76. The highest BCUT2D eigenvalue weighted by Gasteiger charge is 2.09. The monoisotopic (exact) mass is 318 g/mol. The smallest absolute Gasteiger partial charge is 0.157 e. The van der Waals surface area contributed by atoms with E-state index in [1.807, 2.05) is 31.3 Å². The second-order valence-corrected chi connectivity index (χ2v) is 6.54. The van der Waals surface area contributed by atoms with E-state index in [0.29, 0.717) is 12.4 Å². The number of fused-ring (bicyclic) bond motifs is 1. The molecule has 0 unspecified atom stereocenters. The Labute approximate surface area is 130 Å². The van der Waals surface area contributed by atoms with Gasteiger partial charge in [0.15, 0.2) is 10.2 Å². The molecule has 0 amide bonds. The van der Waals surface area contributed by atoms with Gasteiger partial charge in [-0.3, -0.25) is 0 Å². The molecule has 3 rings (SSSR count). The van der Waals surface area contributed by atoms with Crippen molar-refractivity contribution in [1.82, 2.24) is 15.0 Å². The van der Waals surface area contributed by atoms with E-state index >= 15 is 0 Å². The molecule has 0 aliphatic rings. The van der Waals surface area contributed by atoms with Crippen LogP contribution in [0.4, 0.5) is 5.82 Å². The lowest BCUT2D eigenvalue weighted by atomic mass is 10.3. The summed E-state index contributed by atoms with van der Waals surface area (Å²) in [6, 6.07) is 10.0. The van der Waals surface area contributed by atoms with Gasteiger partial charge in [0.2, 0.25) is 0 Å². The van der Waals surface area contributed by atoms with Crippen LogP contribution >= 0.6 is 23.1 Å². The minimum atomic E-state index is 0.392. The average Bonchev–Trinajstić information content (AvgIpc) is 2.89. The van der Waals surface area contributed by atoms with Crippen molar-refractivity contribution in [2.75, 3.05) is 19.5 Å². The van der Waals surface area contributed by atoms with Crippen molar-refractivity contribution < 1.29 is 4.74 Å². The van der Waals surface area contributed by atoms with Gasteiger partial charge in [-0.2, -0.15) is 0 Å². The van der Waals surface area contributed by atoms with Crippen LogP contribution < -0.4 is 5.32 Å². The summed E-state index contributed by atoms with van der Waals surface area (Å²) in [5.41, 5.74) is 1.02. The van der Waals surface area contributed by atoms with E-state index in [0.717, 1.165) is 20.7 Å². The Kier molecular flexibility index (Phi) is 4.33. The molecule has 21 heavy (non-hydrogen) atoms. The van der Waals surface area contributed by atoms with E-state index < -0.39 is 0 Å². The largest absolute Gasteiger partial charge is 0.377 e. The summed E-state index contributed by atoms with van der Waals surface area (Å²) in [6.07, 6.45) is 0. The maximum absolute atomic E-state index is 5.11. The Balaban J connectivity index is 1.90. The molecular weight excluding hydrogens is 304 g/mol. The molecule has 0 fully saturated rings. The number of nitrogens with one attached hydrogen (secondary N) is 1. The van der Waals surface area contributed by atoms with E-state index in [-0.39, 0.29) is 0 Å². The Bertz CT molecular complexity index is 727. The summed E-state index contributed by atoms with van der Waals surface area (Å²) in [4.78, 5) is 13.4. The summed E-state index contributed by atoms with van der Waals surface area (Å²) in [5.74, 6) is 1.44. The van der Waals surface area contributed by atoms with Crippen LogP contribution in [0.3, 0.4) is 0 Å². The van der Waals surface area contributed by atoms with Crippen molar-refractivity contribution >= 4 is 39.1 Å².